The van der Waals surface area contributed by atoms with Gasteiger partial charge in [-0.05, 0) is 137 Å². The van der Waals surface area contributed by atoms with Crippen LogP contribution in [0.2, 0.25) is 0 Å². The van der Waals surface area contributed by atoms with Gasteiger partial charge in [-0.2, -0.15) is 0 Å². The van der Waals surface area contributed by atoms with E-state index in [1.807, 2.05) is 0 Å². The summed E-state index contributed by atoms with van der Waals surface area (Å²) in [6, 6.07) is 0. The lowest BCUT2D eigenvalue weighted by Gasteiger charge is -2.69. The minimum absolute atomic E-state index is 0.287. The largest absolute Gasteiger partial charge is 0.376 e. The lowest BCUT2D eigenvalue weighted by atomic mass is 9.48. The van der Waals surface area contributed by atoms with Crippen LogP contribution in [-0.2, 0) is 0 Å². The Hall–Kier alpha value is -0.420. The Balaban J connectivity index is 1.42. The zero-order chi connectivity index (χ0) is 18.4. The fourth-order valence-corrected chi connectivity index (χ4v) is 10.4. The van der Waals surface area contributed by atoms with Crippen molar-refractivity contribution in [2.45, 2.75) is 88.1 Å². The molecule has 5 heteroatoms. The smallest absolute Gasteiger partial charge is 0.176 e. The Morgan fingerprint density at radius 3 is 1.22 bits per heavy atom. The summed E-state index contributed by atoms with van der Waals surface area (Å²) in [5, 5.41) is 4.47. The molecule has 0 saturated heterocycles. The summed E-state index contributed by atoms with van der Waals surface area (Å²) >= 11 is 11.3. The van der Waals surface area contributed by atoms with E-state index in [9.17, 15) is 0 Å². The highest BCUT2D eigenvalue weighted by atomic mass is 32.1. The van der Waals surface area contributed by atoms with Crippen molar-refractivity contribution in [1.29, 1.82) is 0 Å². The average Bonchev–Trinajstić information content (AvgIpc) is 2.50. The highest BCUT2D eigenvalue weighted by molar-refractivity contribution is 7.81. The quantitative estimate of drug-likeness (QED) is 0.671. The molecule has 8 saturated carbocycles. The Morgan fingerprint density at radius 1 is 0.667 bits per heavy atom. The van der Waals surface area contributed by atoms with Crippen molar-refractivity contribution in [2.75, 3.05) is 0 Å². The Morgan fingerprint density at radius 2 is 0.963 bits per heavy atom. The summed E-state index contributed by atoms with van der Waals surface area (Å²) in [5.41, 5.74) is 6.49. The van der Waals surface area contributed by atoms with Crippen molar-refractivity contribution in [1.82, 2.24) is 10.2 Å². The number of rotatable bonds is 2. The predicted molar refractivity (Wildman–Crippen MR) is 116 cm³/mol. The molecule has 3 N–H and O–H groups in total. The molecule has 8 bridgehead atoms. The van der Waals surface area contributed by atoms with Gasteiger partial charge in [-0.25, -0.2) is 0 Å². The number of nitrogens with two attached hydrogens (primary N) is 1. The van der Waals surface area contributed by atoms with Crippen molar-refractivity contribution in [3.63, 3.8) is 0 Å². The van der Waals surface area contributed by atoms with Gasteiger partial charge in [0.25, 0.3) is 0 Å². The summed E-state index contributed by atoms with van der Waals surface area (Å²) < 4.78 is 0. The molecule has 8 aliphatic rings. The summed E-state index contributed by atoms with van der Waals surface area (Å²) in [5.74, 6) is 5.58. The third kappa shape index (κ3) is 2.63. The van der Waals surface area contributed by atoms with E-state index in [4.69, 9.17) is 30.2 Å². The molecule has 8 aliphatic carbocycles. The van der Waals surface area contributed by atoms with Gasteiger partial charge < -0.3 is 16.0 Å². The van der Waals surface area contributed by atoms with Crippen LogP contribution in [0.15, 0.2) is 0 Å². The van der Waals surface area contributed by atoms with E-state index < -0.39 is 0 Å². The minimum atomic E-state index is 0.287. The first-order valence-corrected chi connectivity index (χ1v) is 12.2. The van der Waals surface area contributed by atoms with Gasteiger partial charge in [0.2, 0.25) is 0 Å². The normalized spacial score (nSPS) is 51.4. The monoisotopic (exact) mass is 403 g/mol. The van der Waals surface area contributed by atoms with Gasteiger partial charge in [-0.1, -0.05) is 0 Å². The van der Waals surface area contributed by atoms with Crippen molar-refractivity contribution in [3.8, 4) is 0 Å². The second kappa shape index (κ2) is 5.81. The number of thiocarbonyl (C=S) groups is 2. The van der Waals surface area contributed by atoms with E-state index in [0.717, 1.165) is 40.6 Å². The van der Waals surface area contributed by atoms with Crippen LogP contribution in [0.3, 0.4) is 0 Å². The summed E-state index contributed by atoms with van der Waals surface area (Å²) in [6.07, 6.45) is 17.0. The highest BCUT2D eigenvalue weighted by Gasteiger charge is 2.62. The van der Waals surface area contributed by atoms with E-state index >= 15 is 0 Å². The summed E-state index contributed by atoms with van der Waals surface area (Å²) in [4.78, 5) is 2.80. The molecule has 0 atom stereocenters. The molecule has 0 heterocycles. The second-order valence-electron chi connectivity index (χ2n) is 11.4. The summed E-state index contributed by atoms with van der Waals surface area (Å²) in [7, 11) is 0. The van der Waals surface area contributed by atoms with Crippen LogP contribution in [0.25, 0.3) is 0 Å². The molecule has 0 spiro atoms. The molecule has 8 fully saturated rings. The fraction of sp³-hybridized carbons (Fsp3) is 0.909. The molecule has 0 aromatic rings. The predicted octanol–water partition coefficient (Wildman–Crippen LogP) is 4.34. The topological polar surface area (TPSA) is 41.3 Å². The number of hydrogen-bond donors (Lipinski definition) is 2. The van der Waals surface area contributed by atoms with Gasteiger partial charge in [0.1, 0.15) is 0 Å². The number of nitrogens with one attached hydrogen (secondary N) is 1. The molecule has 0 radical (unpaired) electrons. The molecule has 0 aromatic carbocycles. The van der Waals surface area contributed by atoms with Crippen LogP contribution in [0.4, 0.5) is 0 Å². The maximum absolute atomic E-state index is 6.07. The molecule has 0 aromatic heterocycles. The van der Waals surface area contributed by atoms with E-state index in [2.05, 4.69) is 10.2 Å². The summed E-state index contributed by atoms with van der Waals surface area (Å²) in [6.45, 7) is 0. The van der Waals surface area contributed by atoms with Crippen molar-refractivity contribution in [3.05, 3.63) is 0 Å². The standard InChI is InChI=1S/C22H33N3S2/c23-19(26)24-20(27)25(21-7-13-1-14(8-21)3-15(2-13)9-21)22-10-16-4-17(11-22)6-18(5-16)12-22/h13-18H,1-12H2,(H3,23,24,26,27). The van der Waals surface area contributed by atoms with E-state index in [1.54, 1.807) is 0 Å². The highest BCUT2D eigenvalue weighted by Crippen LogP contribution is 2.64. The zero-order valence-corrected chi connectivity index (χ0v) is 17.9. The fourth-order valence-electron chi connectivity index (χ4n) is 9.77. The van der Waals surface area contributed by atoms with Gasteiger partial charge >= 0.3 is 0 Å². The van der Waals surface area contributed by atoms with E-state index in [0.29, 0.717) is 5.11 Å². The average molecular weight is 404 g/mol. The number of hydrogen-bond acceptors (Lipinski definition) is 2. The first-order chi connectivity index (χ1) is 12.9. The minimum Gasteiger partial charge on any atom is -0.376 e. The third-order valence-corrected chi connectivity index (χ3v) is 9.78. The van der Waals surface area contributed by atoms with Gasteiger partial charge in [0, 0.05) is 11.1 Å². The van der Waals surface area contributed by atoms with Gasteiger partial charge in [0.05, 0.1) is 0 Å². The Labute approximate surface area is 174 Å². The maximum Gasteiger partial charge on any atom is 0.176 e. The maximum atomic E-state index is 6.07. The second-order valence-corrected chi connectivity index (χ2v) is 12.2. The lowest BCUT2D eigenvalue weighted by molar-refractivity contribution is -0.145. The van der Waals surface area contributed by atoms with Crippen molar-refractivity contribution < 1.29 is 0 Å². The van der Waals surface area contributed by atoms with Gasteiger partial charge in [0.15, 0.2) is 10.2 Å². The van der Waals surface area contributed by atoms with Crippen LogP contribution in [0, 0.1) is 35.5 Å². The van der Waals surface area contributed by atoms with Gasteiger partial charge in [-0.15, -0.1) is 0 Å². The van der Waals surface area contributed by atoms with E-state index in [1.165, 1.54) is 77.0 Å². The third-order valence-electron chi connectivity index (χ3n) is 9.39. The Kier molecular flexibility index (Phi) is 3.75. The first kappa shape index (κ1) is 17.4. The number of nitrogens with zero attached hydrogens (tertiary/aromatic N) is 1. The molecular weight excluding hydrogens is 370 g/mol. The molecule has 148 valence electrons. The Bertz CT molecular complexity index is 572. The lowest BCUT2D eigenvalue weighted by Crippen LogP contribution is -2.73. The molecular formula is C22H33N3S2. The zero-order valence-electron chi connectivity index (χ0n) is 16.3. The van der Waals surface area contributed by atoms with Crippen molar-refractivity contribution >= 4 is 34.7 Å². The molecule has 0 aliphatic heterocycles. The molecule has 3 nitrogen and oxygen atoms in total. The SMILES string of the molecule is NC(=S)NC(=S)N(C12CC3CC(CC(C3)C1)C2)C12CC3CC(CC(C3)C1)C2. The van der Waals surface area contributed by atoms with Gasteiger partial charge in [-0.3, -0.25) is 0 Å². The van der Waals surface area contributed by atoms with E-state index in [-0.39, 0.29) is 11.1 Å². The molecule has 27 heavy (non-hydrogen) atoms. The van der Waals surface area contributed by atoms with Crippen LogP contribution < -0.4 is 11.1 Å². The van der Waals surface area contributed by atoms with Crippen LogP contribution in [0.5, 0.6) is 0 Å². The van der Waals surface area contributed by atoms with Crippen LogP contribution in [0.1, 0.15) is 77.0 Å². The molecule has 0 unspecified atom stereocenters. The van der Waals surface area contributed by atoms with Crippen LogP contribution >= 0.6 is 24.4 Å². The van der Waals surface area contributed by atoms with Crippen molar-refractivity contribution in [2.24, 2.45) is 41.2 Å². The molecule has 8 rings (SSSR count). The molecule has 0 amide bonds. The van der Waals surface area contributed by atoms with Crippen LogP contribution in [-0.4, -0.2) is 26.2 Å². The first-order valence-electron chi connectivity index (χ1n) is 11.3.